The van der Waals surface area contributed by atoms with E-state index in [1.165, 1.54) is 12.8 Å². The number of rotatable bonds is 7. The molecule has 1 amide bonds. The highest BCUT2D eigenvalue weighted by molar-refractivity contribution is 5.78. The maximum atomic E-state index is 11.6. The Hall–Kier alpha value is -0.570. The number of nitrogens with one attached hydrogen (secondary N) is 1. The van der Waals surface area contributed by atoms with Gasteiger partial charge in [0.05, 0.1) is 0 Å². The Morgan fingerprint density at radius 3 is 2.67 bits per heavy atom. The van der Waals surface area contributed by atoms with Crippen molar-refractivity contribution in [2.45, 2.75) is 39.5 Å². The van der Waals surface area contributed by atoms with Gasteiger partial charge in [0.15, 0.2) is 0 Å². The zero-order valence-electron chi connectivity index (χ0n) is 9.83. The largest absolute Gasteiger partial charge is 0.396 e. The molecule has 2 unspecified atom stereocenters. The van der Waals surface area contributed by atoms with E-state index in [0.29, 0.717) is 11.8 Å². The average Bonchev–Trinajstić information content (AvgIpc) is 3.06. The number of hydrogen-bond donors (Lipinski definition) is 2. The van der Waals surface area contributed by atoms with Crippen LogP contribution in [0.3, 0.4) is 0 Å². The molecule has 2 N–H and O–H groups in total. The van der Waals surface area contributed by atoms with E-state index < -0.39 is 0 Å². The van der Waals surface area contributed by atoms with Crippen molar-refractivity contribution in [2.24, 2.45) is 17.8 Å². The summed E-state index contributed by atoms with van der Waals surface area (Å²) in [5.41, 5.74) is 0. The fraction of sp³-hybridized carbons (Fsp3) is 0.917. The molecule has 0 bridgehead atoms. The lowest BCUT2D eigenvalue weighted by Gasteiger charge is -2.12. The van der Waals surface area contributed by atoms with Gasteiger partial charge in [-0.05, 0) is 37.5 Å². The first-order valence-electron chi connectivity index (χ1n) is 6.03. The van der Waals surface area contributed by atoms with Gasteiger partial charge in [-0.15, -0.1) is 0 Å². The van der Waals surface area contributed by atoms with Crippen LogP contribution in [-0.4, -0.2) is 24.2 Å². The SMILES string of the molecule is CC(CO)CCCNC(=O)C(C)C1CC1. The maximum absolute atomic E-state index is 11.6. The summed E-state index contributed by atoms with van der Waals surface area (Å²) in [4.78, 5) is 11.6. The molecule has 1 aliphatic carbocycles. The topological polar surface area (TPSA) is 49.3 Å². The van der Waals surface area contributed by atoms with Crippen LogP contribution in [0.1, 0.15) is 39.5 Å². The zero-order chi connectivity index (χ0) is 11.3. The Kier molecular flexibility index (Phi) is 5.09. The molecule has 0 aromatic heterocycles. The number of carbonyl (C=O) groups is 1. The highest BCUT2D eigenvalue weighted by Crippen LogP contribution is 2.36. The van der Waals surface area contributed by atoms with Crippen molar-refractivity contribution in [2.75, 3.05) is 13.2 Å². The second-order valence-electron chi connectivity index (χ2n) is 4.85. The second-order valence-corrected chi connectivity index (χ2v) is 4.85. The number of amides is 1. The summed E-state index contributed by atoms with van der Waals surface area (Å²) < 4.78 is 0. The first kappa shape index (κ1) is 12.5. The van der Waals surface area contributed by atoms with Gasteiger partial charge in [-0.1, -0.05) is 13.8 Å². The molecule has 0 spiro atoms. The third kappa shape index (κ3) is 4.65. The van der Waals surface area contributed by atoms with Gasteiger partial charge in [0.2, 0.25) is 5.91 Å². The fourth-order valence-corrected chi connectivity index (χ4v) is 1.72. The van der Waals surface area contributed by atoms with Gasteiger partial charge < -0.3 is 10.4 Å². The number of carbonyl (C=O) groups excluding carboxylic acids is 1. The minimum Gasteiger partial charge on any atom is -0.396 e. The van der Waals surface area contributed by atoms with Gasteiger partial charge in [-0.25, -0.2) is 0 Å². The highest BCUT2D eigenvalue weighted by Gasteiger charge is 2.32. The Balaban J connectivity index is 2.01. The molecule has 2 atom stereocenters. The Morgan fingerprint density at radius 1 is 1.47 bits per heavy atom. The third-order valence-electron chi connectivity index (χ3n) is 3.23. The van der Waals surface area contributed by atoms with E-state index in [-0.39, 0.29) is 18.4 Å². The summed E-state index contributed by atoms with van der Waals surface area (Å²) in [6.45, 7) is 5.03. The molecule has 1 rings (SSSR count). The summed E-state index contributed by atoms with van der Waals surface area (Å²) in [7, 11) is 0. The van der Waals surface area contributed by atoms with Gasteiger partial charge >= 0.3 is 0 Å². The van der Waals surface area contributed by atoms with Crippen LogP contribution in [0.25, 0.3) is 0 Å². The molecule has 0 radical (unpaired) electrons. The minimum atomic E-state index is 0.195. The monoisotopic (exact) mass is 213 g/mol. The van der Waals surface area contributed by atoms with Crippen molar-refractivity contribution in [3.63, 3.8) is 0 Å². The van der Waals surface area contributed by atoms with Crippen LogP contribution in [0.5, 0.6) is 0 Å². The Bertz CT molecular complexity index is 202. The van der Waals surface area contributed by atoms with Crippen molar-refractivity contribution in [3.8, 4) is 0 Å². The van der Waals surface area contributed by atoms with E-state index >= 15 is 0 Å². The molecule has 1 saturated carbocycles. The average molecular weight is 213 g/mol. The van der Waals surface area contributed by atoms with Crippen molar-refractivity contribution in [3.05, 3.63) is 0 Å². The molecule has 0 aliphatic heterocycles. The number of aliphatic hydroxyl groups excluding tert-OH is 1. The van der Waals surface area contributed by atoms with Crippen LogP contribution in [-0.2, 0) is 4.79 Å². The molecular weight excluding hydrogens is 190 g/mol. The lowest BCUT2D eigenvalue weighted by atomic mass is 10.0. The highest BCUT2D eigenvalue weighted by atomic mass is 16.3. The molecule has 88 valence electrons. The molecule has 3 nitrogen and oxygen atoms in total. The molecule has 0 heterocycles. The summed E-state index contributed by atoms with van der Waals surface area (Å²) in [6.07, 6.45) is 4.38. The minimum absolute atomic E-state index is 0.195. The lowest BCUT2D eigenvalue weighted by molar-refractivity contribution is -0.125. The van der Waals surface area contributed by atoms with Gasteiger partial charge in [-0.3, -0.25) is 4.79 Å². The fourth-order valence-electron chi connectivity index (χ4n) is 1.72. The molecular formula is C12H23NO2. The van der Waals surface area contributed by atoms with Crippen LogP contribution < -0.4 is 5.32 Å². The predicted molar refractivity (Wildman–Crippen MR) is 60.4 cm³/mol. The van der Waals surface area contributed by atoms with E-state index in [1.54, 1.807) is 0 Å². The van der Waals surface area contributed by atoms with E-state index in [4.69, 9.17) is 5.11 Å². The zero-order valence-corrected chi connectivity index (χ0v) is 9.83. The van der Waals surface area contributed by atoms with E-state index in [0.717, 1.165) is 19.4 Å². The molecule has 1 aliphatic rings. The Labute approximate surface area is 92.3 Å². The van der Waals surface area contributed by atoms with Gasteiger partial charge in [0.25, 0.3) is 0 Å². The number of hydrogen-bond acceptors (Lipinski definition) is 2. The van der Waals surface area contributed by atoms with Crippen LogP contribution >= 0.6 is 0 Å². The van der Waals surface area contributed by atoms with E-state index in [2.05, 4.69) is 5.32 Å². The van der Waals surface area contributed by atoms with Crippen LogP contribution in [0.4, 0.5) is 0 Å². The predicted octanol–water partition coefficient (Wildman–Crippen LogP) is 1.56. The molecule has 1 fully saturated rings. The second kappa shape index (κ2) is 6.11. The van der Waals surface area contributed by atoms with E-state index in [9.17, 15) is 4.79 Å². The number of aliphatic hydroxyl groups is 1. The molecule has 0 aromatic rings. The molecule has 0 saturated heterocycles. The van der Waals surface area contributed by atoms with Crippen molar-refractivity contribution in [1.82, 2.24) is 5.32 Å². The Morgan fingerprint density at radius 2 is 2.13 bits per heavy atom. The van der Waals surface area contributed by atoms with Crippen LogP contribution in [0, 0.1) is 17.8 Å². The van der Waals surface area contributed by atoms with E-state index in [1.807, 2.05) is 13.8 Å². The first-order valence-corrected chi connectivity index (χ1v) is 6.03. The van der Waals surface area contributed by atoms with Crippen molar-refractivity contribution < 1.29 is 9.90 Å². The summed E-state index contributed by atoms with van der Waals surface area (Å²) in [5.74, 6) is 1.39. The third-order valence-corrected chi connectivity index (χ3v) is 3.23. The van der Waals surface area contributed by atoms with Crippen LogP contribution in [0.15, 0.2) is 0 Å². The van der Waals surface area contributed by atoms with Crippen molar-refractivity contribution in [1.29, 1.82) is 0 Å². The smallest absolute Gasteiger partial charge is 0.223 e. The quantitative estimate of drug-likeness (QED) is 0.630. The molecule has 15 heavy (non-hydrogen) atoms. The van der Waals surface area contributed by atoms with Gasteiger partial charge in [-0.2, -0.15) is 0 Å². The van der Waals surface area contributed by atoms with Gasteiger partial charge in [0.1, 0.15) is 0 Å². The summed E-state index contributed by atoms with van der Waals surface area (Å²) >= 11 is 0. The summed E-state index contributed by atoms with van der Waals surface area (Å²) in [6, 6.07) is 0. The normalized spacial score (nSPS) is 19.7. The first-order chi connectivity index (χ1) is 7.15. The lowest BCUT2D eigenvalue weighted by Crippen LogP contribution is -2.31. The van der Waals surface area contributed by atoms with Crippen LogP contribution in [0.2, 0.25) is 0 Å². The van der Waals surface area contributed by atoms with Gasteiger partial charge in [0, 0.05) is 19.1 Å². The molecule has 3 heteroatoms. The maximum Gasteiger partial charge on any atom is 0.223 e. The summed E-state index contributed by atoms with van der Waals surface area (Å²) in [5, 5.41) is 11.8. The standard InChI is InChI=1S/C12H23NO2/c1-9(8-14)4-3-7-13-12(15)10(2)11-5-6-11/h9-11,14H,3-8H2,1-2H3,(H,13,15). The molecule has 0 aromatic carbocycles. The van der Waals surface area contributed by atoms with Crippen molar-refractivity contribution >= 4 is 5.91 Å².